The molecule has 1 aromatic rings. The van der Waals surface area contributed by atoms with E-state index in [1.165, 1.54) is 5.56 Å². The Morgan fingerprint density at radius 3 is 2.30 bits per heavy atom. The molecule has 2 heteroatoms. The fourth-order valence-electron chi connectivity index (χ4n) is 0.703. The first-order chi connectivity index (χ1) is 4.43. The molecule has 0 aliphatic heterocycles. The molecular weight excluding hydrogens is 138 g/mol. The van der Waals surface area contributed by atoms with E-state index < -0.39 is 0 Å². The summed E-state index contributed by atoms with van der Waals surface area (Å²) in [6, 6.07) is 10.1. The Labute approximate surface area is 78.8 Å². The molecule has 0 radical (unpaired) electrons. The number of halogens is 1. The van der Waals surface area contributed by atoms with Gasteiger partial charge in [-0.15, -0.1) is 6.42 Å². The van der Waals surface area contributed by atoms with Crippen molar-refractivity contribution in [3.63, 3.8) is 0 Å². The van der Waals surface area contributed by atoms with Crippen molar-refractivity contribution in [2.24, 2.45) is 0 Å². The summed E-state index contributed by atoms with van der Waals surface area (Å²) in [6.45, 7) is 0. The van der Waals surface area contributed by atoms with Crippen LogP contribution in [0.15, 0.2) is 30.3 Å². The molecule has 0 nitrogen and oxygen atoms in total. The summed E-state index contributed by atoms with van der Waals surface area (Å²) in [5.41, 5.74) is 1.26. The fraction of sp³-hybridized carbons (Fsp3) is 0.125. The van der Waals surface area contributed by atoms with Crippen molar-refractivity contribution in [1.29, 1.82) is 0 Å². The van der Waals surface area contributed by atoms with E-state index in [2.05, 4.69) is 12.1 Å². The van der Waals surface area contributed by atoms with Gasteiger partial charge in [0.15, 0.2) is 0 Å². The fourth-order valence-corrected chi connectivity index (χ4v) is 0.881. The standard InChI is InChI=1S/C8H8Cl.Li/c9-7-6-8-4-2-1-3-5-8;/h1-5,7H,6H2;/q-1;+1. The van der Waals surface area contributed by atoms with Gasteiger partial charge in [-0.3, -0.25) is 0 Å². The summed E-state index contributed by atoms with van der Waals surface area (Å²) in [4.78, 5) is 0. The van der Waals surface area contributed by atoms with Crippen molar-refractivity contribution >= 4 is 11.6 Å². The Morgan fingerprint density at radius 2 is 1.80 bits per heavy atom. The van der Waals surface area contributed by atoms with E-state index in [1.807, 2.05) is 18.2 Å². The molecule has 0 saturated heterocycles. The molecule has 1 aromatic carbocycles. The summed E-state index contributed by atoms with van der Waals surface area (Å²) in [7, 11) is 0. The van der Waals surface area contributed by atoms with Crippen molar-refractivity contribution < 1.29 is 18.9 Å². The van der Waals surface area contributed by atoms with Crippen LogP contribution in [0.2, 0.25) is 0 Å². The second kappa shape index (κ2) is 5.86. The van der Waals surface area contributed by atoms with Gasteiger partial charge in [0.1, 0.15) is 0 Å². The average Bonchev–Trinajstić information content (AvgIpc) is 1.91. The van der Waals surface area contributed by atoms with Crippen LogP contribution in [0, 0.1) is 5.88 Å². The second-order valence-corrected chi connectivity index (χ2v) is 2.15. The van der Waals surface area contributed by atoms with Crippen molar-refractivity contribution in [2.45, 2.75) is 6.42 Å². The van der Waals surface area contributed by atoms with Crippen molar-refractivity contribution in [3.8, 4) is 0 Å². The quantitative estimate of drug-likeness (QED) is 0.395. The molecule has 0 fully saturated rings. The van der Waals surface area contributed by atoms with E-state index in [0.29, 0.717) is 0 Å². The van der Waals surface area contributed by atoms with Crippen LogP contribution in [0.3, 0.4) is 0 Å². The van der Waals surface area contributed by atoms with Gasteiger partial charge >= 0.3 is 18.9 Å². The summed E-state index contributed by atoms with van der Waals surface area (Å²) < 4.78 is 0. The molecule has 0 heterocycles. The first-order valence-electron chi connectivity index (χ1n) is 2.89. The second-order valence-electron chi connectivity index (χ2n) is 1.84. The minimum atomic E-state index is 0. The Morgan fingerprint density at radius 1 is 1.20 bits per heavy atom. The molecule has 48 valence electrons. The topological polar surface area (TPSA) is 0 Å². The van der Waals surface area contributed by atoms with Crippen molar-refractivity contribution in [1.82, 2.24) is 0 Å². The van der Waals surface area contributed by atoms with Gasteiger partial charge in [-0.1, -0.05) is 35.9 Å². The van der Waals surface area contributed by atoms with Crippen LogP contribution >= 0.6 is 11.6 Å². The third kappa shape index (κ3) is 3.32. The molecule has 0 saturated carbocycles. The van der Waals surface area contributed by atoms with Crippen LogP contribution in [0.25, 0.3) is 0 Å². The predicted molar refractivity (Wildman–Crippen MR) is 40.3 cm³/mol. The van der Waals surface area contributed by atoms with Crippen LogP contribution in [0.4, 0.5) is 0 Å². The van der Waals surface area contributed by atoms with Crippen LogP contribution < -0.4 is 18.9 Å². The third-order valence-corrected chi connectivity index (χ3v) is 1.31. The van der Waals surface area contributed by atoms with Gasteiger partial charge in [0.05, 0.1) is 0 Å². The zero-order valence-corrected chi connectivity index (χ0v) is 6.81. The van der Waals surface area contributed by atoms with Crippen LogP contribution in [0.1, 0.15) is 5.56 Å². The maximum absolute atomic E-state index is 5.41. The van der Waals surface area contributed by atoms with Gasteiger partial charge in [-0.05, 0) is 0 Å². The number of rotatable bonds is 2. The molecule has 0 aromatic heterocycles. The Bertz CT molecular complexity index is 162. The van der Waals surface area contributed by atoms with Gasteiger partial charge in [-0.25, -0.2) is 5.88 Å². The summed E-state index contributed by atoms with van der Waals surface area (Å²) in [6.07, 6.45) is 0.850. The maximum atomic E-state index is 5.41. The summed E-state index contributed by atoms with van der Waals surface area (Å²) in [5, 5.41) is 0. The van der Waals surface area contributed by atoms with Crippen molar-refractivity contribution in [2.75, 3.05) is 0 Å². The largest absolute Gasteiger partial charge is 1.00 e. The molecule has 0 atom stereocenters. The zero-order chi connectivity index (χ0) is 6.53. The van der Waals surface area contributed by atoms with Gasteiger partial charge in [0, 0.05) is 0 Å². The monoisotopic (exact) mass is 146 g/mol. The van der Waals surface area contributed by atoms with Crippen molar-refractivity contribution in [3.05, 3.63) is 41.8 Å². The van der Waals surface area contributed by atoms with Crippen LogP contribution in [-0.4, -0.2) is 0 Å². The smallest absolute Gasteiger partial charge is 0.349 e. The normalized spacial score (nSPS) is 8.50. The predicted octanol–water partition coefficient (Wildman–Crippen LogP) is -0.366. The van der Waals surface area contributed by atoms with Crippen LogP contribution in [0.5, 0.6) is 0 Å². The third-order valence-electron chi connectivity index (χ3n) is 1.16. The summed E-state index contributed by atoms with van der Waals surface area (Å²) in [5.74, 6) is 1.63. The van der Waals surface area contributed by atoms with E-state index in [4.69, 9.17) is 11.6 Å². The van der Waals surface area contributed by atoms with E-state index in [-0.39, 0.29) is 18.9 Å². The van der Waals surface area contributed by atoms with E-state index in [0.717, 1.165) is 6.42 Å². The Kier molecular flexibility index (Phi) is 5.92. The molecule has 1 rings (SSSR count). The van der Waals surface area contributed by atoms with Gasteiger partial charge < -0.3 is 11.6 Å². The average molecular weight is 147 g/mol. The van der Waals surface area contributed by atoms with Gasteiger partial charge in [0.2, 0.25) is 0 Å². The molecule has 0 aliphatic rings. The van der Waals surface area contributed by atoms with Crippen LogP contribution in [-0.2, 0) is 6.42 Å². The first-order valence-corrected chi connectivity index (χ1v) is 3.33. The molecule has 0 aliphatic carbocycles. The molecule has 0 N–H and O–H groups in total. The first kappa shape index (κ1) is 10.1. The molecular formula is C8H8ClLi. The molecule has 0 spiro atoms. The number of benzene rings is 1. The molecule has 0 unspecified atom stereocenters. The molecule has 10 heavy (non-hydrogen) atoms. The zero-order valence-electron chi connectivity index (χ0n) is 6.05. The molecule has 0 amide bonds. The van der Waals surface area contributed by atoms with Gasteiger partial charge in [0.25, 0.3) is 0 Å². The summed E-state index contributed by atoms with van der Waals surface area (Å²) >= 11 is 5.41. The SMILES string of the molecule is Cl[CH-]Cc1ccccc1.[Li+]. The van der Waals surface area contributed by atoms with E-state index >= 15 is 0 Å². The minimum Gasteiger partial charge on any atom is -0.349 e. The molecule has 0 bridgehead atoms. The minimum absolute atomic E-state index is 0. The number of hydrogen-bond acceptors (Lipinski definition) is 0. The van der Waals surface area contributed by atoms with Gasteiger partial charge in [-0.2, -0.15) is 0 Å². The Hall–Kier alpha value is 0.107. The van der Waals surface area contributed by atoms with E-state index in [1.54, 1.807) is 5.88 Å². The maximum Gasteiger partial charge on any atom is 1.00 e. The number of hydrogen-bond donors (Lipinski definition) is 0. The Balaban J connectivity index is 0.000000810. The van der Waals surface area contributed by atoms with E-state index in [9.17, 15) is 0 Å².